The third-order valence-electron chi connectivity index (χ3n) is 3.38. The van der Waals surface area contributed by atoms with Crippen LogP contribution in [0.1, 0.15) is 55.5 Å². The van der Waals surface area contributed by atoms with Crippen LogP contribution in [0.3, 0.4) is 0 Å². The molecule has 0 amide bonds. The number of hydrogen-bond donors (Lipinski definition) is 1. The van der Waals surface area contributed by atoms with E-state index in [0.29, 0.717) is 12.1 Å². The average molecular weight is 292 g/mol. The summed E-state index contributed by atoms with van der Waals surface area (Å²) in [6.07, 6.45) is 3.69. The smallest absolute Gasteiger partial charge is 0.138 e. The summed E-state index contributed by atoms with van der Waals surface area (Å²) in [7, 11) is 0. The predicted molar refractivity (Wildman–Crippen MR) is 84.2 cm³/mol. The van der Waals surface area contributed by atoms with Crippen molar-refractivity contribution in [1.82, 2.24) is 20.1 Å². The van der Waals surface area contributed by atoms with Crippen LogP contribution in [-0.2, 0) is 6.42 Å². The molecule has 4 nitrogen and oxygen atoms in total. The number of thiophene rings is 1. The van der Waals surface area contributed by atoms with Crippen LogP contribution in [-0.4, -0.2) is 21.3 Å². The molecule has 0 radical (unpaired) electrons. The van der Waals surface area contributed by atoms with Gasteiger partial charge in [0.15, 0.2) is 0 Å². The molecule has 2 aromatic heterocycles. The first-order valence-corrected chi connectivity index (χ1v) is 8.17. The number of aryl methyl sites for hydroxylation is 1. The van der Waals surface area contributed by atoms with Crippen molar-refractivity contribution in [2.45, 2.75) is 52.6 Å². The van der Waals surface area contributed by atoms with E-state index >= 15 is 0 Å². The van der Waals surface area contributed by atoms with Crippen molar-refractivity contribution < 1.29 is 0 Å². The molecule has 0 saturated heterocycles. The Labute approximate surface area is 125 Å². The van der Waals surface area contributed by atoms with Crippen LogP contribution in [0.5, 0.6) is 0 Å². The molecule has 2 aromatic rings. The highest BCUT2D eigenvalue weighted by atomic mass is 32.1. The monoisotopic (exact) mass is 292 g/mol. The normalized spacial score (nSPS) is 13.1. The maximum absolute atomic E-state index is 4.44. The Morgan fingerprint density at radius 2 is 2.20 bits per heavy atom. The summed E-state index contributed by atoms with van der Waals surface area (Å²) in [5, 5.41) is 10.1. The maximum atomic E-state index is 4.44. The second kappa shape index (κ2) is 6.99. The van der Waals surface area contributed by atoms with E-state index in [4.69, 9.17) is 0 Å². The average Bonchev–Trinajstić information content (AvgIpc) is 3.03. The highest BCUT2D eigenvalue weighted by Crippen LogP contribution is 2.26. The molecule has 1 unspecified atom stereocenters. The lowest BCUT2D eigenvalue weighted by atomic mass is 10.1. The van der Waals surface area contributed by atoms with Gasteiger partial charge in [-0.3, -0.25) is 0 Å². The van der Waals surface area contributed by atoms with Crippen LogP contribution in [0, 0.1) is 6.92 Å². The topological polar surface area (TPSA) is 42.7 Å². The van der Waals surface area contributed by atoms with Gasteiger partial charge in [-0.1, -0.05) is 6.92 Å². The van der Waals surface area contributed by atoms with Crippen molar-refractivity contribution in [3.05, 3.63) is 34.0 Å². The molecule has 0 fully saturated rings. The van der Waals surface area contributed by atoms with E-state index < -0.39 is 0 Å². The van der Waals surface area contributed by atoms with E-state index in [9.17, 15) is 0 Å². The van der Waals surface area contributed by atoms with Crippen LogP contribution < -0.4 is 5.32 Å². The molecule has 0 saturated carbocycles. The highest BCUT2D eigenvalue weighted by molar-refractivity contribution is 7.10. The summed E-state index contributed by atoms with van der Waals surface area (Å²) in [6, 6.07) is 2.87. The van der Waals surface area contributed by atoms with E-state index in [-0.39, 0.29) is 0 Å². The van der Waals surface area contributed by atoms with Crippen molar-refractivity contribution in [3.8, 4) is 0 Å². The van der Waals surface area contributed by atoms with E-state index in [1.807, 2.05) is 16.0 Å². The second-order valence-corrected chi connectivity index (χ2v) is 6.34. The molecule has 2 rings (SSSR count). The Morgan fingerprint density at radius 1 is 1.40 bits per heavy atom. The van der Waals surface area contributed by atoms with E-state index in [1.165, 1.54) is 10.4 Å². The van der Waals surface area contributed by atoms with Gasteiger partial charge in [0.1, 0.15) is 12.2 Å². The fraction of sp³-hybridized carbons (Fsp3) is 0.600. The number of aromatic nitrogens is 3. The van der Waals surface area contributed by atoms with Crippen LogP contribution in [0.15, 0.2) is 17.8 Å². The Hall–Kier alpha value is -1.20. The molecule has 0 aliphatic heterocycles. The van der Waals surface area contributed by atoms with Crippen LogP contribution in [0.2, 0.25) is 0 Å². The number of nitrogens with zero attached hydrogens (tertiary/aromatic N) is 3. The van der Waals surface area contributed by atoms with Gasteiger partial charge >= 0.3 is 0 Å². The molecular weight excluding hydrogens is 268 g/mol. The van der Waals surface area contributed by atoms with Gasteiger partial charge in [0.25, 0.3) is 0 Å². The lowest BCUT2D eigenvalue weighted by Gasteiger charge is -2.19. The maximum Gasteiger partial charge on any atom is 0.138 e. The molecule has 1 N–H and O–H groups in total. The van der Waals surface area contributed by atoms with Crippen molar-refractivity contribution in [2.75, 3.05) is 6.54 Å². The molecule has 0 aromatic carbocycles. The fourth-order valence-electron chi connectivity index (χ4n) is 2.35. The molecular formula is C15H24N4S. The van der Waals surface area contributed by atoms with Crippen LogP contribution in [0.25, 0.3) is 0 Å². The van der Waals surface area contributed by atoms with Crippen molar-refractivity contribution in [2.24, 2.45) is 0 Å². The van der Waals surface area contributed by atoms with Gasteiger partial charge in [-0.25, -0.2) is 9.67 Å². The standard InChI is InChI=1S/C15H24N4S/c1-5-7-16-13(15-12(4)6-8-20-15)9-14-17-10-18-19(14)11(2)3/h6,8,10-11,13,16H,5,7,9H2,1-4H3. The Bertz CT molecular complexity index is 529. The summed E-state index contributed by atoms with van der Waals surface area (Å²) in [4.78, 5) is 5.86. The summed E-state index contributed by atoms with van der Waals surface area (Å²) >= 11 is 1.82. The summed E-state index contributed by atoms with van der Waals surface area (Å²) in [5.41, 5.74) is 1.36. The van der Waals surface area contributed by atoms with E-state index in [1.54, 1.807) is 6.33 Å². The molecule has 5 heteroatoms. The van der Waals surface area contributed by atoms with Crippen LogP contribution in [0.4, 0.5) is 0 Å². The first-order valence-electron chi connectivity index (χ1n) is 7.29. The minimum atomic E-state index is 0.330. The first kappa shape index (κ1) is 15.2. The summed E-state index contributed by atoms with van der Waals surface area (Å²) in [6.45, 7) is 9.69. The Balaban J connectivity index is 2.19. The SMILES string of the molecule is CCCNC(Cc1ncnn1C(C)C)c1sccc1C. The first-order chi connectivity index (χ1) is 9.63. The highest BCUT2D eigenvalue weighted by Gasteiger charge is 2.19. The van der Waals surface area contributed by atoms with Gasteiger partial charge in [0.05, 0.1) is 0 Å². The Morgan fingerprint density at radius 3 is 2.80 bits per heavy atom. The van der Waals surface area contributed by atoms with Crippen LogP contribution >= 0.6 is 11.3 Å². The second-order valence-electron chi connectivity index (χ2n) is 5.39. The lowest BCUT2D eigenvalue weighted by molar-refractivity contribution is 0.465. The quantitative estimate of drug-likeness (QED) is 0.849. The van der Waals surface area contributed by atoms with Gasteiger partial charge in [-0.05, 0) is 50.7 Å². The van der Waals surface area contributed by atoms with E-state index in [2.05, 4.69) is 54.5 Å². The van der Waals surface area contributed by atoms with E-state index in [0.717, 1.165) is 25.2 Å². The minimum absolute atomic E-state index is 0.330. The Kier molecular flexibility index (Phi) is 5.31. The third kappa shape index (κ3) is 3.46. The number of nitrogens with one attached hydrogen (secondary N) is 1. The zero-order valence-electron chi connectivity index (χ0n) is 12.8. The van der Waals surface area contributed by atoms with Gasteiger partial charge in [-0.15, -0.1) is 11.3 Å². The van der Waals surface area contributed by atoms with Gasteiger partial charge in [-0.2, -0.15) is 5.10 Å². The molecule has 0 aliphatic carbocycles. The third-order valence-corrected chi connectivity index (χ3v) is 4.51. The number of hydrogen-bond acceptors (Lipinski definition) is 4. The summed E-state index contributed by atoms with van der Waals surface area (Å²) < 4.78 is 2.02. The zero-order valence-corrected chi connectivity index (χ0v) is 13.6. The van der Waals surface area contributed by atoms with Crippen molar-refractivity contribution in [1.29, 1.82) is 0 Å². The predicted octanol–water partition coefficient (Wildman–Crippen LogP) is 3.51. The van der Waals surface area contributed by atoms with Gasteiger partial charge in [0.2, 0.25) is 0 Å². The molecule has 0 spiro atoms. The minimum Gasteiger partial charge on any atom is -0.309 e. The fourth-order valence-corrected chi connectivity index (χ4v) is 3.36. The molecule has 2 heterocycles. The lowest BCUT2D eigenvalue weighted by Crippen LogP contribution is -2.25. The number of rotatable bonds is 7. The molecule has 20 heavy (non-hydrogen) atoms. The van der Waals surface area contributed by atoms with Crippen molar-refractivity contribution in [3.63, 3.8) is 0 Å². The zero-order chi connectivity index (χ0) is 14.5. The van der Waals surface area contributed by atoms with Gasteiger partial charge < -0.3 is 5.32 Å². The molecule has 0 bridgehead atoms. The van der Waals surface area contributed by atoms with Crippen molar-refractivity contribution >= 4 is 11.3 Å². The molecule has 110 valence electrons. The van der Waals surface area contributed by atoms with Gasteiger partial charge in [0, 0.05) is 23.4 Å². The molecule has 1 atom stereocenters. The molecule has 0 aliphatic rings. The largest absolute Gasteiger partial charge is 0.309 e. The summed E-state index contributed by atoms with van der Waals surface area (Å²) in [5.74, 6) is 1.06.